The standard InChI is InChI=1S/C15H20ClN3O2/c1-5-19-15(12(16)9-18-19)14(17-2)11-8-10(20-3)6-7-13(11)21-4/h6-9,14,17H,5H2,1-4H3. The fourth-order valence-electron chi connectivity index (χ4n) is 2.42. The average Bonchev–Trinajstić information content (AvgIpc) is 2.89. The van der Waals surface area contributed by atoms with E-state index in [1.807, 2.05) is 36.9 Å². The summed E-state index contributed by atoms with van der Waals surface area (Å²) in [5.41, 5.74) is 1.87. The molecule has 2 aromatic rings. The summed E-state index contributed by atoms with van der Waals surface area (Å²) in [7, 11) is 5.17. The minimum atomic E-state index is -0.134. The Bertz CT molecular complexity index is 613. The van der Waals surface area contributed by atoms with E-state index in [2.05, 4.69) is 10.4 Å². The summed E-state index contributed by atoms with van der Waals surface area (Å²) in [4.78, 5) is 0. The molecule has 21 heavy (non-hydrogen) atoms. The van der Waals surface area contributed by atoms with Crippen molar-refractivity contribution in [2.24, 2.45) is 0 Å². The van der Waals surface area contributed by atoms with Crippen molar-refractivity contribution in [3.63, 3.8) is 0 Å². The predicted octanol–water partition coefficient (Wildman–Crippen LogP) is 2.88. The van der Waals surface area contributed by atoms with E-state index in [4.69, 9.17) is 21.1 Å². The second kappa shape index (κ2) is 6.83. The maximum absolute atomic E-state index is 6.32. The van der Waals surface area contributed by atoms with Gasteiger partial charge in [0.1, 0.15) is 11.5 Å². The van der Waals surface area contributed by atoms with E-state index in [1.165, 1.54) is 0 Å². The molecule has 1 N–H and O–H groups in total. The molecule has 0 aliphatic rings. The quantitative estimate of drug-likeness (QED) is 0.891. The van der Waals surface area contributed by atoms with Crippen LogP contribution in [0.25, 0.3) is 0 Å². The van der Waals surface area contributed by atoms with Gasteiger partial charge >= 0.3 is 0 Å². The number of methoxy groups -OCH3 is 2. The summed E-state index contributed by atoms with van der Waals surface area (Å²) in [5, 5.41) is 8.21. The van der Waals surface area contributed by atoms with Crippen LogP contribution in [-0.2, 0) is 6.54 Å². The van der Waals surface area contributed by atoms with Gasteiger partial charge in [0.2, 0.25) is 0 Å². The first kappa shape index (κ1) is 15.7. The molecule has 0 aliphatic heterocycles. The first-order chi connectivity index (χ1) is 10.2. The van der Waals surface area contributed by atoms with Gasteiger partial charge in [-0.25, -0.2) is 0 Å². The Morgan fingerprint density at radius 1 is 1.33 bits per heavy atom. The summed E-state index contributed by atoms with van der Waals surface area (Å²) in [6.07, 6.45) is 1.66. The van der Waals surface area contributed by atoms with Gasteiger partial charge in [0.25, 0.3) is 0 Å². The van der Waals surface area contributed by atoms with Gasteiger partial charge < -0.3 is 14.8 Å². The van der Waals surface area contributed by atoms with Crippen molar-refractivity contribution in [1.29, 1.82) is 0 Å². The lowest BCUT2D eigenvalue weighted by Crippen LogP contribution is -2.22. The van der Waals surface area contributed by atoms with E-state index in [-0.39, 0.29) is 6.04 Å². The SMILES string of the molecule is CCn1ncc(Cl)c1C(NC)c1cc(OC)ccc1OC. The number of nitrogens with zero attached hydrogens (tertiary/aromatic N) is 2. The Labute approximate surface area is 129 Å². The van der Waals surface area contributed by atoms with Crippen molar-refractivity contribution < 1.29 is 9.47 Å². The van der Waals surface area contributed by atoms with Crippen LogP contribution in [0.3, 0.4) is 0 Å². The zero-order valence-corrected chi connectivity index (χ0v) is 13.4. The molecule has 1 atom stereocenters. The van der Waals surface area contributed by atoms with Crippen LogP contribution in [0.1, 0.15) is 24.2 Å². The molecule has 1 unspecified atom stereocenters. The fraction of sp³-hybridized carbons (Fsp3) is 0.400. The molecule has 0 spiro atoms. The average molecular weight is 310 g/mol. The zero-order valence-electron chi connectivity index (χ0n) is 12.7. The van der Waals surface area contributed by atoms with Crippen LogP contribution in [0.4, 0.5) is 0 Å². The third-order valence-electron chi connectivity index (χ3n) is 3.44. The molecule has 0 radical (unpaired) electrons. The van der Waals surface area contributed by atoms with Crippen molar-refractivity contribution in [1.82, 2.24) is 15.1 Å². The van der Waals surface area contributed by atoms with Gasteiger partial charge in [-0.1, -0.05) is 11.6 Å². The molecule has 0 amide bonds. The van der Waals surface area contributed by atoms with Gasteiger partial charge in [0.15, 0.2) is 0 Å². The predicted molar refractivity (Wildman–Crippen MR) is 83.4 cm³/mol. The molecule has 6 heteroatoms. The minimum absolute atomic E-state index is 0.134. The molecule has 0 bridgehead atoms. The highest BCUT2D eigenvalue weighted by Crippen LogP contribution is 2.35. The number of rotatable bonds is 6. The van der Waals surface area contributed by atoms with Crippen molar-refractivity contribution in [2.45, 2.75) is 19.5 Å². The Morgan fingerprint density at radius 2 is 2.10 bits per heavy atom. The number of aromatic nitrogens is 2. The molecule has 0 saturated carbocycles. The van der Waals surface area contributed by atoms with Gasteiger partial charge in [0.05, 0.1) is 37.2 Å². The normalized spacial score (nSPS) is 12.2. The summed E-state index contributed by atoms with van der Waals surface area (Å²) in [6.45, 7) is 2.77. The molecule has 1 aromatic heterocycles. The molecule has 5 nitrogen and oxygen atoms in total. The molecule has 114 valence electrons. The topological polar surface area (TPSA) is 48.3 Å². The smallest absolute Gasteiger partial charge is 0.124 e. The van der Waals surface area contributed by atoms with Crippen molar-refractivity contribution in [3.8, 4) is 11.5 Å². The number of benzene rings is 1. The van der Waals surface area contributed by atoms with E-state index >= 15 is 0 Å². The number of halogens is 1. The largest absolute Gasteiger partial charge is 0.497 e. The highest BCUT2D eigenvalue weighted by Gasteiger charge is 2.23. The van der Waals surface area contributed by atoms with Crippen molar-refractivity contribution >= 4 is 11.6 Å². The highest BCUT2D eigenvalue weighted by molar-refractivity contribution is 6.31. The molecule has 1 aromatic carbocycles. The molecule has 0 fully saturated rings. The Balaban J connectivity index is 2.57. The number of hydrogen-bond donors (Lipinski definition) is 1. The van der Waals surface area contributed by atoms with E-state index in [9.17, 15) is 0 Å². The Hall–Kier alpha value is -1.72. The number of aryl methyl sites for hydroxylation is 1. The molecule has 0 saturated heterocycles. The molecular formula is C15H20ClN3O2. The van der Waals surface area contributed by atoms with Gasteiger partial charge in [-0.2, -0.15) is 5.10 Å². The molecule has 0 aliphatic carbocycles. The van der Waals surface area contributed by atoms with Crippen LogP contribution in [-0.4, -0.2) is 31.0 Å². The second-order valence-corrected chi connectivity index (χ2v) is 4.93. The van der Waals surface area contributed by atoms with E-state index in [1.54, 1.807) is 20.4 Å². The van der Waals surface area contributed by atoms with E-state index in [0.29, 0.717) is 5.02 Å². The third-order valence-corrected chi connectivity index (χ3v) is 3.73. The molecular weight excluding hydrogens is 290 g/mol. The number of hydrogen-bond acceptors (Lipinski definition) is 4. The summed E-state index contributed by atoms with van der Waals surface area (Å²) >= 11 is 6.32. The maximum Gasteiger partial charge on any atom is 0.124 e. The maximum atomic E-state index is 6.32. The summed E-state index contributed by atoms with van der Waals surface area (Å²) in [5.74, 6) is 1.54. The first-order valence-electron chi connectivity index (χ1n) is 6.76. The third kappa shape index (κ3) is 2.99. The van der Waals surface area contributed by atoms with Crippen LogP contribution in [0.2, 0.25) is 5.02 Å². The summed E-state index contributed by atoms with van der Waals surface area (Å²) < 4.78 is 12.7. The second-order valence-electron chi connectivity index (χ2n) is 4.52. The van der Waals surface area contributed by atoms with Crippen LogP contribution in [0, 0.1) is 0 Å². The lowest BCUT2D eigenvalue weighted by Gasteiger charge is -2.21. The van der Waals surface area contributed by atoms with E-state index in [0.717, 1.165) is 29.3 Å². The Morgan fingerprint density at radius 3 is 2.67 bits per heavy atom. The van der Waals surface area contributed by atoms with Crippen LogP contribution >= 0.6 is 11.6 Å². The number of nitrogens with one attached hydrogen (secondary N) is 1. The fourth-order valence-corrected chi connectivity index (χ4v) is 2.67. The van der Waals surface area contributed by atoms with E-state index < -0.39 is 0 Å². The van der Waals surface area contributed by atoms with Crippen LogP contribution in [0.15, 0.2) is 24.4 Å². The first-order valence-corrected chi connectivity index (χ1v) is 7.14. The summed E-state index contributed by atoms with van der Waals surface area (Å²) in [6, 6.07) is 5.57. The van der Waals surface area contributed by atoms with Crippen molar-refractivity contribution in [2.75, 3.05) is 21.3 Å². The van der Waals surface area contributed by atoms with Gasteiger partial charge in [-0.3, -0.25) is 4.68 Å². The van der Waals surface area contributed by atoms with Crippen LogP contribution in [0.5, 0.6) is 11.5 Å². The van der Waals surface area contributed by atoms with Crippen molar-refractivity contribution in [3.05, 3.63) is 40.7 Å². The lowest BCUT2D eigenvalue weighted by molar-refractivity contribution is 0.393. The lowest BCUT2D eigenvalue weighted by atomic mass is 10.0. The van der Waals surface area contributed by atoms with Crippen LogP contribution < -0.4 is 14.8 Å². The molecule has 1 heterocycles. The minimum Gasteiger partial charge on any atom is -0.497 e. The Kier molecular flexibility index (Phi) is 5.09. The number of ether oxygens (including phenoxy) is 2. The van der Waals surface area contributed by atoms with Gasteiger partial charge in [-0.05, 0) is 32.2 Å². The monoisotopic (exact) mass is 309 g/mol. The highest BCUT2D eigenvalue weighted by atomic mass is 35.5. The van der Waals surface area contributed by atoms with Gasteiger partial charge in [-0.15, -0.1) is 0 Å². The van der Waals surface area contributed by atoms with Gasteiger partial charge in [0, 0.05) is 12.1 Å². The zero-order chi connectivity index (χ0) is 15.4. The molecule has 2 rings (SSSR count).